The number of nitrogens with two attached hydrogens (primary N) is 1. The third-order valence-electron chi connectivity index (χ3n) is 2.30. The zero-order chi connectivity index (χ0) is 12.4. The first-order valence-corrected chi connectivity index (χ1v) is 5.05. The van der Waals surface area contributed by atoms with Gasteiger partial charge in [-0.1, -0.05) is 0 Å². The van der Waals surface area contributed by atoms with Crippen LogP contribution in [0.4, 0.5) is 10.2 Å². The highest BCUT2D eigenvalue weighted by atomic mass is 19.1. The van der Waals surface area contributed by atoms with E-state index < -0.39 is 0 Å². The molecule has 0 saturated carbocycles. The van der Waals surface area contributed by atoms with Gasteiger partial charge in [0.1, 0.15) is 23.2 Å². The molecule has 0 aliphatic heterocycles. The summed E-state index contributed by atoms with van der Waals surface area (Å²) in [5.74, 6) is 1.07. The van der Waals surface area contributed by atoms with Crippen LogP contribution in [0.5, 0.6) is 5.75 Å². The molecule has 17 heavy (non-hydrogen) atoms. The van der Waals surface area contributed by atoms with Crippen molar-refractivity contribution in [3.8, 4) is 17.0 Å². The molecule has 0 amide bonds. The van der Waals surface area contributed by atoms with Gasteiger partial charge in [-0.05, 0) is 25.1 Å². The monoisotopic (exact) mass is 233 g/mol. The normalized spacial score (nSPS) is 10.3. The lowest BCUT2D eigenvalue weighted by molar-refractivity contribution is 0.415. The minimum absolute atomic E-state index is 0.346. The Morgan fingerprint density at radius 1 is 1.24 bits per heavy atom. The lowest BCUT2D eigenvalue weighted by Gasteiger charge is -2.09. The zero-order valence-electron chi connectivity index (χ0n) is 9.57. The summed E-state index contributed by atoms with van der Waals surface area (Å²) in [4.78, 5) is 8.19. The van der Waals surface area contributed by atoms with E-state index >= 15 is 0 Å². The number of methoxy groups -OCH3 is 1. The van der Waals surface area contributed by atoms with E-state index in [0.717, 1.165) is 0 Å². The number of nitrogens with zero attached hydrogens (tertiary/aromatic N) is 2. The number of hydrogen-bond acceptors (Lipinski definition) is 4. The summed E-state index contributed by atoms with van der Waals surface area (Å²) in [5.41, 5.74) is 6.75. The van der Waals surface area contributed by atoms with Crippen LogP contribution in [0.1, 0.15) is 5.82 Å². The molecule has 0 bridgehead atoms. The quantitative estimate of drug-likeness (QED) is 0.863. The van der Waals surface area contributed by atoms with Crippen LogP contribution in [0.3, 0.4) is 0 Å². The number of anilines is 1. The number of halogens is 1. The number of ether oxygens (including phenoxy) is 1. The van der Waals surface area contributed by atoms with Crippen LogP contribution in [0.25, 0.3) is 11.3 Å². The molecule has 0 radical (unpaired) electrons. The molecular weight excluding hydrogens is 221 g/mol. The summed E-state index contributed by atoms with van der Waals surface area (Å²) < 4.78 is 18.4. The first-order valence-electron chi connectivity index (χ1n) is 5.05. The van der Waals surface area contributed by atoms with Crippen LogP contribution < -0.4 is 10.5 Å². The maximum atomic E-state index is 13.2. The fraction of sp³-hybridized carbons (Fsp3) is 0.167. The van der Waals surface area contributed by atoms with Gasteiger partial charge in [0.05, 0.1) is 12.8 Å². The van der Waals surface area contributed by atoms with Crippen molar-refractivity contribution in [3.05, 3.63) is 35.9 Å². The number of hydrogen-bond donors (Lipinski definition) is 1. The van der Waals surface area contributed by atoms with E-state index in [4.69, 9.17) is 10.5 Å². The van der Waals surface area contributed by atoms with E-state index in [2.05, 4.69) is 9.97 Å². The Bertz CT molecular complexity index is 537. The predicted molar refractivity (Wildman–Crippen MR) is 63.1 cm³/mol. The van der Waals surface area contributed by atoms with Crippen LogP contribution in [0, 0.1) is 12.7 Å². The molecule has 1 heterocycles. The maximum Gasteiger partial charge on any atom is 0.128 e. The second-order valence-corrected chi connectivity index (χ2v) is 3.57. The van der Waals surface area contributed by atoms with Crippen LogP contribution in [-0.2, 0) is 0 Å². The van der Waals surface area contributed by atoms with Crippen molar-refractivity contribution >= 4 is 5.82 Å². The van der Waals surface area contributed by atoms with Gasteiger partial charge in [0, 0.05) is 11.6 Å². The summed E-state index contributed by atoms with van der Waals surface area (Å²) in [5, 5.41) is 0. The Labute approximate surface area is 98.3 Å². The van der Waals surface area contributed by atoms with E-state index in [1.807, 2.05) is 0 Å². The number of nitrogen functional groups attached to an aromatic ring is 1. The molecule has 0 unspecified atom stereocenters. The first-order chi connectivity index (χ1) is 8.10. The maximum absolute atomic E-state index is 13.2. The number of benzene rings is 1. The molecule has 0 aliphatic rings. The summed E-state index contributed by atoms with van der Waals surface area (Å²) in [6.45, 7) is 1.73. The van der Waals surface area contributed by atoms with Gasteiger partial charge in [-0.2, -0.15) is 0 Å². The second kappa shape index (κ2) is 4.37. The molecule has 88 valence electrons. The molecule has 1 aromatic carbocycles. The largest absolute Gasteiger partial charge is 0.496 e. The van der Waals surface area contributed by atoms with Gasteiger partial charge in [0.15, 0.2) is 0 Å². The average Bonchev–Trinajstić information content (AvgIpc) is 2.27. The van der Waals surface area contributed by atoms with E-state index in [9.17, 15) is 4.39 Å². The molecule has 0 aliphatic carbocycles. The highest BCUT2D eigenvalue weighted by molar-refractivity contribution is 5.68. The smallest absolute Gasteiger partial charge is 0.128 e. The third kappa shape index (κ3) is 2.33. The highest BCUT2D eigenvalue weighted by Crippen LogP contribution is 2.29. The molecule has 0 fully saturated rings. The molecule has 2 aromatic rings. The van der Waals surface area contributed by atoms with E-state index in [-0.39, 0.29) is 5.82 Å². The van der Waals surface area contributed by atoms with Crippen molar-refractivity contribution in [1.82, 2.24) is 9.97 Å². The SMILES string of the molecule is COc1ccc(F)cc1-c1cc(N)nc(C)n1. The fourth-order valence-electron chi connectivity index (χ4n) is 1.61. The molecule has 1 aromatic heterocycles. The van der Waals surface area contributed by atoms with Gasteiger partial charge >= 0.3 is 0 Å². The minimum atomic E-state index is -0.351. The summed E-state index contributed by atoms with van der Waals surface area (Å²) >= 11 is 0. The molecule has 5 heteroatoms. The predicted octanol–water partition coefficient (Wildman–Crippen LogP) is 2.18. The fourth-order valence-corrected chi connectivity index (χ4v) is 1.61. The zero-order valence-corrected chi connectivity index (χ0v) is 9.57. The van der Waals surface area contributed by atoms with Gasteiger partial charge in [-0.3, -0.25) is 0 Å². The molecule has 0 spiro atoms. The van der Waals surface area contributed by atoms with Crippen molar-refractivity contribution in [2.45, 2.75) is 6.92 Å². The lowest BCUT2D eigenvalue weighted by atomic mass is 10.1. The van der Waals surface area contributed by atoms with Crippen molar-refractivity contribution < 1.29 is 9.13 Å². The minimum Gasteiger partial charge on any atom is -0.496 e. The Morgan fingerprint density at radius 3 is 2.65 bits per heavy atom. The first kappa shape index (κ1) is 11.3. The number of aromatic nitrogens is 2. The highest BCUT2D eigenvalue weighted by Gasteiger charge is 2.10. The molecule has 0 saturated heterocycles. The summed E-state index contributed by atoms with van der Waals surface area (Å²) in [6.07, 6.45) is 0. The Morgan fingerprint density at radius 2 is 2.00 bits per heavy atom. The number of rotatable bonds is 2. The van der Waals surface area contributed by atoms with Gasteiger partial charge in [0.2, 0.25) is 0 Å². The van der Waals surface area contributed by atoms with Crippen LogP contribution in [-0.4, -0.2) is 17.1 Å². The van der Waals surface area contributed by atoms with Gasteiger partial charge in [-0.15, -0.1) is 0 Å². The van der Waals surface area contributed by atoms with Crippen molar-refractivity contribution in [3.63, 3.8) is 0 Å². The average molecular weight is 233 g/mol. The molecule has 2 rings (SSSR count). The molecular formula is C12H12FN3O. The Balaban J connectivity index is 2.62. The summed E-state index contributed by atoms with van der Waals surface area (Å²) in [6, 6.07) is 5.84. The Hall–Kier alpha value is -2.17. The van der Waals surface area contributed by atoms with E-state index in [1.54, 1.807) is 19.1 Å². The van der Waals surface area contributed by atoms with Crippen LogP contribution in [0.15, 0.2) is 24.3 Å². The Kier molecular flexibility index (Phi) is 2.91. The lowest BCUT2D eigenvalue weighted by Crippen LogP contribution is -1.98. The number of aryl methyl sites for hydroxylation is 1. The van der Waals surface area contributed by atoms with Gasteiger partial charge < -0.3 is 10.5 Å². The molecule has 0 atom stereocenters. The van der Waals surface area contributed by atoms with Gasteiger partial charge in [0.25, 0.3) is 0 Å². The topological polar surface area (TPSA) is 61.0 Å². The van der Waals surface area contributed by atoms with E-state index in [0.29, 0.717) is 28.6 Å². The molecule has 2 N–H and O–H groups in total. The second-order valence-electron chi connectivity index (χ2n) is 3.57. The standard InChI is InChI=1S/C12H12FN3O/c1-7-15-10(6-12(14)16-7)9-5-8(13)3-4-11(9)17-2/h3-6H,1-2H3,(H2,14,15,16). The van der Waals surface area contributed by atoms with Crippen molar-refractivity contribution in [2.75, 3.05) is 12.8 Å². The third-order valence-corrected chi connectivity index (χ3v) is 2.30. The van der Waals surface area contributed by atoms with Gasteiger partial charge in [-0.25, -0.2) is 14.4 Å². The molecule has 4 nitrogen and oxygen atoms in total. The summed E-state index contributed by atoms with van der Waals surface area (Å²) in [7, 11) is 1.52. The van der Waals surface area contributed by atoms with Crippen molar-refractivity contribution in [1.29, 1.82) is 0 Å². The van der Waals surface area contributed by atoms with E-state index in [1.165, 1.54) is 19.2 Å². The van der Waals surface area contributed by atoms with Crippen LogP contribution >= 0.6 is 0 Å². The van der Waals surface area contributed by atoms with Crippen molar-refractivity contribution in [2.24, 2.45) is 0 Å². The van der Waals surface area contributed by atoms with Crippen LogP contribution in [0.2, 0.25) is 0 Å².